The zero-order valence-electron chi connectivity index (χ0n) is 9.41. The van der Waals surface area contributed by atoms with Crippen LogP contribution in [-0.2, 0) is 6.42 Å². The van der Waals surface area contributed by atoms with E-state index in [0.717, 1.165) is 12.0 Å². The van der Waals surface area contributed by atoms with E-state index in [1.54, 1.807) is 0 Å². The number of thiophene rings is 1. The van der Waals surface area contributed by atoms with Gasteiger partial charge >= 0.3 is 0 Å². The number of nitrogens with two attached hydrogens (primary N) is 1. The zero-order valence-corrected chi connectivity index (χ0v) is 11.7. The van der Waals surface area contributed by atoms with Crippen LogP contribution in [0.4, 0.5) is 0 Å². The first-order valence-electron chi connectivity index (χ1n) is 5.32. The topological polar surface area (TPSA) is 26.0 Å². The highest BCUT2D eigenvalue weighted by Gasteiger charge is 2.14. The number of hydrogen-bond donors (Lipinski definition) is 1. The Morgan fingerprint density at radius 3 is 2.41 bits per heavy atom. The Morgan fingerprint density at radius 1 is 1.24 bits per heavy atom. The van der Waals surface area contributed by atoms with Gasteiger partial charge in [-0.15, -0.1) is 11.3 Å². The molecule has 1 atom stereocenters. The maximum Gasteiger partial charge on any atom is 0.0992 e. The quantitative estimate of drug-likeness (QED) is 0.876. The van der Waals surface area contributed by atoms with Gasteiger partial charge < -0.3 is 5.73 Å². The van der Waals surface area contributed by atoms with Crippen molar-refractivity contribution in [3.05, 3.63) is 55.7 Å². The van der Waals surface area contributed by atoms with Crippen molar-refractivity contribution in [2.45, 2.75) is 19.4 Å². The van der Waals surface area contributed by atoms with Crippen molar-refractivity contribution in [3.63, 3.8) is 0 Å². The summed E-state index contributed by atoms with van der Waals surface area (Å²) < 4.78 is 1.37. The van der Waals surface area contributed by atoms with Gasteiger partial charge in [-0.25, -0.2) is 0 Å². The first kappa shape index (κ1) is 12.9. The van der Waals surface area contributed by atoms with Crippen LogP contribution in [0.3, 0.4) is 0 Å². The van der Waals surface area contributed by atoms with Gasteiger partial charge in [0.25, 0.3) is 0 Å². The molecule has 0 saturated heterocycles. The van der Waals surface area contributed by atoms with Gasteiger partial charge in [-0.1, -0.05) is 53.0 Å². The third-order valence-electron chi connectivity index (χ3n) is 2.66. The lowest BCUT2D eigenvalue weighted by Crippen LogP contribution is -2.12. The van der Waals surface area contributed by atoms with Crippen LogP contribution in [0, 0.1) is 6.92 Å². The largest absolute Gasteiger partial charge is 0.324 e. The van der Waals surface area contributed by atoms with E-state index in [2.05, 4.69) is 31.2 Å². The minimum Gasteiger partial charge on any atom is -0.324 e. The Balaban J connectivity index is 2.14. The van der Waals surface area contributed by atoms with E-state index in [9.17, 15) is 0 Å². The molecule has 2 rings (SSSR count). The summed E-state index contributed by atoms with van der Waals surface area (Å²) in [5, 5.41) is 0. The van der Waals surface area contributed by atoms with Crippen LogP contribution in [0.25, 0.3) is 0 Å². The molecule has 2 N–H and O–H groups in total. The minimum atomic E-state index is -0.103. The summed E-state index contributed by atoms with van der Waals surface area (Å²) in [5.74, 6) is 0. The van der Waals surface area contributed by atoms with Crippen molar-refractivity contribution >= 4 is 34.5 Å². The fourth-order valence-electron chi connectivity index (χ4n) is 1.69. The molecule has 0 spiro atoms. The van der Waals surface area contributed by atoms with E-state index in [0.29, 0.717) is 8.67 Å². The molecule has 0 fully saturated rings. The van der Waals surface area contributed by atoms with E-state index < -0.39 is 0 Å². The first-order valence-corrected chi connectivity index (χ1v) is 6.89. The van der Waals surface area contributed by atoms with Gasteiger partial charge in [0, 0.05) is 11.6 Å². The maximum absolute atomic E-state index is 6.14. The Kier molecular flexibility index (Phi) is 4.10. The highest BCUT2D eigenvalue weighted by atomic mass is 35.5. The lowest BCUT2D eigenvalue weighted by Gasteiger charge is -2.11. The average Bonchev–Trinajstić information content (AvgIpc) is 2.61. The standard InChI is InChI=1S/C13H13Cl2NS/c1-8-2-4-9(5-3-8)6-11(16)10-7-12(14)17-13(10)15/h2-5,7,11H,6,16H2,1H3. The lowest BCUT2D eigenvalue weighted by molar-refractivity contribution is 0.725. The molecular formula is C13H13Cl2NS. The van der Waals surface area contributed by atoms with Gasteiger partial charge in [-0.05, 0) is 25.0 Å². The Morgan fingerprint density at radius 2 is 1.88 bits per heavy atom. The van der Waals surface area contributed by atoms with Gasteiger partial charge in [0.05, 0.1) is 8.67 Å². The highest BCUT2D eigenvalue weighted by molar-refractivity contribution is 7.20. The number of rotatable bonds is 3. The Labute approximate surface area is 115 Å². The van der Waals surface area contributed by atoms with E-state index in [1.807, 2.05) is 6.07 Å². The molecule has 0 saturated carbocycles. The molecule has 1 nitrogen and oxygen atoms in total. The lowest BCUT2D eigenvalue weighted by atomic mass is 10.0. The molecule has 4 heteroatoms. The van der Waals surface area contributed by atoms with E-state index in [4.69, 9.17) is 28.9 Å². The van der Waals surface area contributed by atoms with Crippen LogP contribution in [0.15, 0.2) is 30.3 Å². The van der Waals surface area contributed by atoms with Crippen molar-refractivity contribution in [1.82, 2.24) is 0 Å². The van der Waals surface area contributed by atoms with Crippen LogP contribution >= 0.6 is 34.5 Å². The van der Waals surface area contributed by atoms with E-state index in [1.165, 1.54) is 22.5 Å². The molecule has 0 bridgehead atoms. The average molecular weight is 286 g/mol. The zero-order chi connectivity index (χ0) is 12.4. The summed E-state index contributed by atoms with van der Waals surface area (Å²) in [7, 11) is 0. The van der Waals surface area contributed by atoms with Crippen LogP contribution in [-0.4, -0.2) is 0 Å². The van der Waals surface area contributed by atoms with E-state index in [-0.39, 0.29) is 6.04 Å². The molecule has 0 aliphatic heterocycles. The first-order chi connectivity index (χ1) is 8.06. The van der Waals surface area contributed by atoms with Gasteiger partial charge in [0.15, 0.2) is 0 Å². The SMILES string of the molecule is Cc1ccc(CC(N)c2cc(Cl)sc2Cl)cc1. The molecule has 1 aromatic heterocycles. The fourth-order valence-corrected chi connectivity index (χ4v) is 3.29. The van der Waals surface area contributed by atoms with E-state index >= 15 is 0 Å². The fraction of sp³-hybridized carbons (Fsp3) is 0.231. The Bertz CT molecular complexity index is 505. The van der Waals surface area contributed by atoms with Crippen molar-refractivity contribution in [3.8, 4) is 0 Å². The summed E-state index contributed by atoms with van der Waals surface area (Å²) in [6.45, 7) is 2.07. The molecule has 0 aliphatic carbocycles. The van der Waals surface area contributed by atoms with Gasteiger partial charge in [0.1, 0.15) is 0 Å². The molecule has 2 aromatic rings. The van der Waals surface area contributed by atoms with Crippen LogP contribution in [0.5, 0.6) is 0 Å². The van der Waals surface area contributed by atoms with Crippen LogP contribution in [0.1, 0.15) is 22.7 Å². The smallest absolute Gasteiger partial charge is 0.0992 e. The normalized spacial score (nSPS) is 12.7. The van der Waals surface area contributed by atoms with Crippen molar-refractivity contribution in [2.75, 3.05) is 0 Å². The van der Waals surface area contributed by atoms with Crippen molar-refractivity contribution < 1.29 is 0 Å². The summed E-state index contributed by atoms with van der Waals surface area (Å²) in [5.41, 5.74) is 9.53. The molecule has 1 aromatic carbocycles. The molecule has 1 unspecified atom stereocenters. The Hall–Kier alpha value is -0.540. The van der Waals surface area contributed by atoms with Crippen LogP contribution < -0.4 is 5.73 Å². The minimum absolute atomic E-state index is 0.103. The van der Waals surface area contributed by atoms with Crippen molar-refractivity contribution in [2.24, 2.45) is 5.73 Å². The summed E-state index contributed by atoms with van der Waals surface area (Å²) in [6, 6.07) is 10.1. The van der Waals surface area contributed by atoms with Crippen molar-refractivity contribution in [1.29, 1.82) is 0 Å². The molecule has 0 aliphatic rings. The maximum atomic E-state index is 6.14. The van der Waals surface area contributed by atoms with Crippen LogP contribution in [0.2, 0.25) is 8.67 Å². The summed E-state index contributed by atoms with van der Waals surface area (Å²) in [6.07, 6.45) is 0.771. The second kappa shape index (κ2) is 5.40. The summed E-state index contributed by atoms with van der Waals surface area (Å²) >= 11 is 13.4. The number of hydrogen-bond acceptors (Lipinski definition) is 2. The molecule has 17 heavy (non-hydrogen) atoms. The summed E-state index contributed by atoms with van der Waals surface area (Å²) in [4.78, 5) is 0. The molecule has 90 valence electrons. The molecule has 0 radical (unpaired) electrons. The molecule has 0 amide bonds. The molecule has 1 heterocycles. The second-order valence-electron chi connectivity index (χ2n) is 4.08. The third kappa shape index (κ3) is 3.23. The number of halogens is 2. The number of benzene rings is 1. The highest BCUT2D eigenvalue weighted by Crippen LogP contribution is 2.35. The monoisotopic (exact) mass is 285 g/mol. The second-order valence-corrected chi connectivity index (χ2v) is 6.36. The molecular weight excluding hydrogens is 273 g/mol. The van der Waals surface area contributed by atoms with Gasteiger partial charge in [-0.2, -0.15) is 0 Å². The third-order valence-corrected chi connectivity index (χ3v) is 4.18. The van der Waals surface area contributed by atoms with Gasteiger partial charge in [0.2, 0.25) is 0 Å². The number of aryl methyl sites for hydroxylation is 1. The van der Waals surface area contributed by atoms with Gasteiger partial charge in [-0.3, -0.25) is 0 Å². The predicted molar refractivity (Wildman–Crippen MR) is 76.2 cm³/mol. The predicted octanol–water partition coefficient (Wildman–Crippen LogP) is 4.61.